The molecule has 3 aromatic carbocycles. The molecule has 0 spiro atoms. The highest BCUT2D eigenvalue weighted by atomic mass is 35.5. The molecule has 156 valence electrons. The number of aromatic nitrogens is 2. The Hall–Kier alpha value is -3.64. The summed E-state index contributed by atoms with van der Waals surface area (Å²) in [6.07, 6.45) is -0.982. The third kappa shape index (κ3) is 4.59. The van der Waals surface area contributed by atoms with Crippen LogP contribution < -0.4 is 5.32 Å². The monoisotopic (exact) mass is 433 g/mol. The number of amides is 1. The molecule has 2 N–H and O–H groups in total. The number of aromatic amines is 1. The Morgan fingerprint density at radius 3 is 2.58 bits per heavy atom. The van der Waals surface area contributed by atoms with Gasteiger partial charge in [0, 0.05) is 16.3 Å². The highest BCUT2D eigenvalue weighted by molar-refractivity contribution is 6.31. The highest BCUT2D eigenvalue weighted by Crippen LogP contribution is 2.22. The highest BCUT2D eigenvalue weighted by Gasteiger charge is 2.20. The number of hydrogen-bond acceptors (Lipinski definition) is 4. The van der Waals surface area contributed by atoms with Crippen LogP contribution in [0.2, 0.25) is 5.02 Å². The Labute approximate surface area is 184 Å². The summed E-state index contributed by atoms with van der Waals surface area (Å²) in [5.41, 5.74) is 4.16. The maximum absolute atomic E-state index is 12.6. The van der Waals surface area contributed by atoms with Gasteiger partial charge in [0.15, 0.2) is 6.10 Å². The average molecular weight is 434 g/mol. The minimum Gasteiger partial charge on any atom is -0.449 e. The second kappa shape index (κ2) is 8.62. The van der Waals surface area contributed by atoms with Crippen molar-refractivity contribution in [1.29, 1.82) is 0 Å². The fourth-order valence-electron chi connectivity index (χ4n) is 3.07. The van der Waals surface area contributed by atoms with Crippen LogP contribution in [0.15, 0.2) is 66.7 Å². The predicted molar refractivity (Wildman–Crippen MR) is 121 cm³/mol. The number of aryl methyl sites for hydroxylation is 1. The van der Waals surface area contributed by atoms with Crippen LogP contribution in [0.25, 0.3) is 22.4 Å². The topological polar surface area (TPSA) is 84.1 Å². The van der Waals surface area contributed by atoms with E-state index in [2.05, 4.69) is 15.3 Å². The summed E-state index contributed by atoms with van der Waals surface area (Å²) >= 11 is 6.09. The van der Waals surface area contributed by atoms with Gasteiger partial charge < -0.3 is 15.0 Å². The molecule has 1 unspecified atom stereocenters. The van der Waals surface area contributed by atoms with Gasteiger partial charge in [-0.25, -0.2) is 9.78 Å². The quantitative estimate of drug-likeness (QED) is 0.414. The molecule has 1 atom stereocenters. The zero-order valence-electron chi connectivity index (χ0n) is 17.0. The fraction of sp³-hybridized carbons (Fsp3) is 0.125. The van der Waals surface area contributed by atoms with Crippen LogP contribution in [-0.4, -0.2) is 27.9 Å². The molecule has 0 saturated carbocycles. The van der Waals surface area contributed by atoms with E-state index in [0.717, 1.165) is 16.6 Å². The lowest BCUT2D eigenvalue weighted by atomic mass is 10.2. The second-order valence-electron chi connectivity index (χ2n) is 7.18. The molecule has 0 saturated heterocycles. The SMILES string of the molecule is Cc1ccc(NC(=O)C(C)OC(=O)c2ccc3nc(-c4ccccc4)[nH]c3c2)cc1Cl. The molecule has 0 radical (unpaired) electrons. The van der Waals surface area contributed by atoms with Gasteiger partial charge in [0.05, 0.1) is 16.6 Å². The van der Waals surface area contributed by atoms with Crippen LogP contribution in [0.3, 0.4) is 0 Å². The summed E-state index contributed by atoms with van der Waals surface area (Å²) in [6.45, 7) is 3.39. The van der Waals surface area contributed by atoms with Crippen LogP contribution in [0.4, 0.5) is 5.69 Å². The van der Waals surface area contributed by atoms with Gasteiger partial charge in [-0.1, -0.05) is 48.0 Å². The van der Waals surface area contributed by atoms with Crippen molar-refractivity contribution in [3.8, 4) is 11.4 Å². The zero-order chi connectivity index (χ0) is 22.0. The third-order valence-electron chi connectivity index (χ3n) is 4.86. The van der Waals surface area contributed by atoms with Crippen molar-refractivity contribution >= 4 is 40.2 Å². The molecule has 0 aliphatic carbocycles. The lowest BCUT2D eigenvalue weighted by Crippen LogP contribution is -2.30. The van der Waals surface area contributed by atoms with Gasteiger partial charge in [-0.2, -0.15) is 0 Å². The minimum absolute atomic E-state index is 0.328. The number of nitrogens with zero attached hydrogens (tertiary/aromatic N) is 1. The normalized spacial score (nSPS) is 11.8. The fourth-order valence-corrected chi connectivity index (χ4v) is 3.25. The molecule has 0 fully saturated rings. The van der Waals surface area contributed by atoms with Gasteiger partial charge >= 0.3 is 5.97 Å². The number of benzene rings is 3. The molecule has 1 heterocycles. The van der Waals surface area contributed by atoms with Crippen molar-refractivity contribution < 1.29 is 14.3 Å². The number of imidazole rings is 1. The van der Waals surface area contributed by atoms with E-state index >= 15 is 0 Å². The number of carbonyl (C=O) groups excluding carboxylic acids is 2. The molecule has 0 aliphatic heterocycles. The largest absolute Gasteiger partial charge is 0.449 e. The van der Waals surface area contributed by atoms with E-state index in [9.17, 15) is 9.59 Å². The molecule has 31 heavy (non-hydrogen) atoms. The number of fused-ring (bicyclic) bond motifs is 1. The number of H-pyrrole nitrogens is 1. The van der Waals surface area contributed by atoms with Gasteiger partial charge in [0.1, 0.15) is 5.82 Å². The first-order valence-electron chi connectivity index (χ1n) is 9.74. The van der Waals surface area contributed by atoms with E-state index in [-0.39, 0.29) is 0 Å². The molecule has 0 aliphatic rings. The summed E-state index contributed by atoms with van der Waals surface area (Å²) in [5, 5.41) is 3.25. The molecule has 0 bridgehead atoms. The van der Waals surface area contributed by atoms with Crippen molar-refractivity contribution in [2.45, 2.75) is 20.0 Å². The summed E-state index contributed by atoms with van der Waals surface area (Å²) in [7, 11) is 0. The number of carbonyl (C=O) groups is 2. The Kier molecular flexibility index (Phi) is 5.73. The summed E-state index contributed by atoms with van der Waals surface area (Å²) < 4.78 is 5.35. The maximum Gasteiger partial charge on any atom is 0.338 e. The van der Waals surface area contributed by atoms with Gasteiger partial charge in [0.2, 0.25) is 0 Å². The summed E-state index contributed by atoms with van der Waals surface area (Å²) in [6, 6.07) is 19.9. The first kappa shape index (κ1) is 20.6. The first-order chi connectivity index (χ1) is 14.9. The van der Waals surface area contributed by atoms with Crippen molar-refractivity contribution in [1.82, 2.24) is 9.97 Å². The number of esters is 1. The van der Waals surface area contributed by atoms with Crippen molar-refractivity contribution in [2.75, 3.05) is 5.32 Å². The van der Waals surface area contributed by atoms with E-state index in [1.807, 2.05) is 37.3 Å². The lowest BCUT2D eigenvalue weighted by Gasteiger charge is -2.14. The van der Waals surface area contributed by atoms with Crippen molar-refractivity contribution in [2.24, 2.45) is 0 Å². The molecule has 7 heteroatoms. The average Bonchev–Trinajstić information content (AvgIpc) is 3.20. The Bertz CT molecular complexity index is 1270. The van der Waals surface area contributed by atoms with Gasteiger partial charge in [-0.15, -0.1) is 0 Å². The molecule has 4 aromatic rings. The molecular formula is C24H20ClN3O3. The zero-order valence-corrected chi connectivity index (χ0v) is 17.7. The number of rotatable bonds is 5. The van der Waals surface area contributed by atoms with E-state index in [1.54, 1.807) is 36.4 Å². The van der Waals surface area contributed by atoms with Gasteiger partial charge in [-0.05, 0) is 49.7 Å². The van der Waals surface area contributed by atoms with Gasteiger partial charge in [-0.3, -0.25) is 4.79 Å². The summed E-state index contributed by atoms with van der Waals surface area (Å²) in [5.74, 6) is -0.324. The van der Waals surface area contributed by atoms with E-state index < -0.39 is 18.0 Å². The van der Waals surface area contributed by atoms with Crippen LogP contribution in [0, 0.1) is 6.92 Å². The number of ether oxygens (including phenoxy) is 1. The van der Waals surface area contributed by atoms with E-state index in [1.165, 1.54) is 6.92 Å². The van der Waals surface area contributed by atoms with Crippen LogP contribution in [0.5, 0.6) is 0 Å². The number of halogens is 1. The van der Waals surface area contributed by atoms with Crippen LogP contribution in [0.1, 0.15) is 22.8 Å². The summed E-state index contributed by atoms with van der Waals surface area (Å²) in [4.78, 5) is 32.7. The van der Waals surface area contributed by atoms with E-state index in [0.29, 0.717) is 27.6 Å². The molecular weight excluding hydrogens is 414 g/mol. The Balaban J connectivity index is 1.45. The van der Waals surface area contributed by atoms with Crippen molar-refractivity contribution in [3.05, 3.63) is 82.9 Å². The minimum atomic E-state index is -0.982. The Morgan fingerprint density at radius 1 is 1.06 bits per heavy atom. The molecule has 1 amide bonds. The predicted octanol–water partition coefficient (Wildman–Crippen LogP) is 5.38. The van der Waals surface area contributed by atoms with E-state index in [4.69, 9.17) is 16.3 Å². The maximum atomic E-state index is 12.6. The standard InChI is InChI=1S/C24H20ClN3O3/c1-14-8-10-18(13-19(14)25)26-23(29)15(2)31-24(30)17-9-11-20-21(12-17)28-22(27-20)16-6-4-3-5-7-16/h3-13,15H,1-2H3,(H,26,29)(H,27,28). The lowest BCUT2D eigenvalue weighted by molar-refractivity contribution is -0.123. The van der Waals surface area contributed by atoms with Crippen molar-refractivity contribution in [3.63, 3.8) is 0 Å². The molecule has 6 nitrogen and oxygen atoms in total. The third-order valence-corrected chi connectivity index (χ3v) is 5.26. The second-order valence-corrected chi connectivity index (χ2v) is 7.59. The Morgan fingerprint density at radius 2 is 1.84 bits per heavy atom. The van der Waals surface area contributed by atoms with Gasteiger partial charge in [0.25, 0.3) is 5.91 Å². The number of hydrogen-bond donors (Lipinski definition) is 2. The number of nitrogens with one attached hydrogen (secondary N) is 2. The van der Waals surface area contributed by atoms with Crippen LogP contribution >= 0.6 is 11.6 Å². The molecule has 1 aromatic heterocycles. The van der Waals surface area contributed by atoms with Crippen LogP contribution in [-0.2, 0) is 9.53 Å². The smallest absolute Gasteiger partial charge is 0.338 e. The first-order valence-corrected chi connectivity index (χ1v) is 10.1. The number of anilines is 1. The molecule has 4 rings (SSSR count).